The van der Waals surface area contributed by atoms with E-state index in [9.17, 15) is 4.79 Å². The monoisotopic (exact) mass is 208 g/mol. The van der Waals surface area contributed by atoms with Gasteiger partial charge in [-0.05, 0) is 38.7 Å². The first-order chi connectivity index (χ1) is 7.22. The maximum absolute atomic E-state index is 11.3. The van der Waals surface area contributed by atoms with Crippen LogP contribution in [0.3, 0.4) is 0 Å². The number of rotatable bonds is 8. The molecule has 0 rings (SSSR count). The first kappa shape index (κ1) is 14.2. The van der Waals surface area contributed by atoms with Crippen molar-refractivity contribution in [3.8, 4) is 0 Å². The molecular formula is C14H24O. The van der Waals surface area contributed by atoms with E-state index in [-0.39, 0.29) is 5.78 Å². The highest BCUT2D eigenvalue weighted by Gasteiger charge is 2.01. The predicted molar refractivity (Wildman–Crippen MR) is 65.9 cm³/mol. The molecule has 0 saturated carbocycles. The standard InChI is InChI=1S/C14H24O/c1-4-6-8-10-12-14(13(3)15)11-9-7-5-2/h10H,4-9,11H2,1-3H3. The molecule has 1 heteroatoms. The minimum atomic E-state index is 0.179. The molecule has 0 amide bonds. The number of unbranched alkanes of at least 4 members (excludes halogenated alkanes) is 4. The average molecular weight is 208 g/mol. The minimum absolute atomic E-state index is 0.179. The van der Waals surface area contributed by atoms with Crippen LogP contribution in [0.25, 0.3) is 0 Å². The van der Waals surface area contributed by atoms with E-state index in [1.165, 1.54) is 25.7 Å². The lowest BCUT2D eigenvalue weighted by molar-refractivity contribution is -0.113. The number of ketones is 1. The van der Waals surface area contributed by atoms with Crippen LogP contribution >= 0.6 is 0 Å². The van der Waals surface area contributed by atoms with E-state index < -0.39 is 0 Å². The fourth-order valence-corrected chi connectivity index (χ4v) is 1.40. The van der Waals surface area contributed by atoms with E-state index in [0.717, 1.165) is 24.8 Å². The number of Topliss-reactive ketones (excluding diaryl/α,β-unsaturated/α-hetero) is 1. The lowest BCUT2D eigenvalue weighted by Crippen LogP contribution is -1.95. The van der Waals surface area contributed by atoms with Gasteiger partial charge in [-0.2, -0.15) is 0 Å². The summed E-state index contributed by atoms with van der Waals surface area (Å²) in [6, 6.07) is 0. The van der Waals surface area contributed by atoms with Gasteiger partial charge in [0.1, 0.15) is 0 Å². The van der Waals surface area contributed by atoms with Gasteiger partial charge < -0.3 is 0 Å². The highest BCUT2D eigenvalue weighted by Crippen LogP contribution is 2.09. The Labute approximate surface area is 94.3 Å². The molecule has 0 fully saturated rings. The molecule has 0 aromatic rings. The molecule has 0 aliphatic rings. The second-order valence-corrected chi connectivity index (χ2v) is 3.98. The first-order valence-electron chi connectivity index (χ1n) is 6.17. The molecular weight excluding hydrogens is 184 g/mol. The molecule has 0 atom stereocenters. The van der Waals surface area contributed by atoms with Gasteiger partial charge in [-0.15, -0.1) is 5.73 Å². The van der Waals surface area contributed by atoms with Gasteiger partial charge in [-0.25, -0.2) is 0 Å². The second-order valence-electron chi connectivity index (χ2n) is 3.98. The van der Waals surface area contributed by atoms with Crippen molar-refractivity contribution in [3.05, 3.63) is 17.4 Å². The average Bonchev–Trinajstić information content (AvgIpc) is 2.21. The van der Waals surface area contributed by atoms with E-state index in [2.05, 4.69) is 19.6 Å². The van der Waals surface area contributed by atoms with Crippen molar-refractivity contribution in [2.45, 2.75) is 65.7 Å². The molecule has 0 radical (unpaired) electrons. The molecule has 0 aliphatic carbocycles. The maximum atomic E-state index is 11.3. The Bertz CT molecular complexity index is 232. The normalized spacial score (nSPS) is 9.53. The lowest BCUT2D eigenvalue weighted by atomic mass is 10.1. The Morgan fingerprint density at radius 2 is 1.80 bits per heavy atom. The zero-order valence-corrected chi connectivity index (χ0v) is 10.4. The van der Waals surface area contributed by atoms with Crippen molar-refractivity contribution in [1.29, 1.82) is 0 Å². The summed E-state index contributed by atoms with van der Waals surface area (Å²) in [5.41, 5.74) is 4.03. The van der Waals surface area contributed by atoms with Crippen molar-refractivity contribution >= 4 is 5.78 Å². The van der Waals surface area contributed by atoms with E-state index in [1.54, 1.807) is 6.92 Å². The smallest absolute Gasteiger partial charge is 0.163 e. The van der Waals surface area contributed by atoms with Crippen molar-refractivity contribution in [2.24, 2.45) is 0 Å². The van der Waals surface area contributed by atoms with Crippen molar-refractivity contribution < 1.29 is 4.79 Å². The van der Waals surface area contributed by atoms with Gasteiger partial charge >= 0.3 is 0 Å². The summed E-state index contributed by atoms with van der Waals surface area (Å²) in [7, 11) is 0. The first-order valence-corrected chi connectivity index (χ1v) is 6.17. The zero-order chi connectivity index (χ0) is 11.5. The molecule has 0 aromatic carbocycles. The predicted octanol–water partition coefficient (Wildman–Crippen LogP) is 4.43. The SMILES string of the molecule is CCCCC=C=C(CCCCC)C(C)=O. The quantitative estimate of drug-likeness (QED) is 0.328. The molecule has 15 heavy (non-hydrogen) atoms. The Hall–Kier alpha value is -0.810. The van der Waals surface area contributed by atoms with Crippen LogP contribution in [0, 0.1) is 0 Å². The molecule has 0 heterocycles. The van der Waals surface area contributed by atoms with Crippen LogP contribution in [0.5, 0.6) is 0 Å². The summed E-state index contributed by atoms with van der Waals surface area (Å²) in [6.07, 6.45) is 9.85. The van der Waals surface area contributed by atoms with Crippen LogP contribution < -0.4 is 0 Å². The summed E-state index contributed by atoms with van der Waals surface area (Å²) in [6.45, 7) is 5.99. The van der Waals surface area contributed by atoms with E-state index in [4.69, 9.17) is 0 Å². The van der Waals surface area contributed by atoms with Gasteiger partial charge in [0.05, 0.1) is 0 Å². The van der Waals surface area contributed by atoms with Crippen LogP contribution in [0.4, 0.5) is 0 Å². The molecule has 0 spiro atoms. The lowest BCUT2D eigenvalue weighted by Gasteiger charge is -1.99. The van der Waals surface area contributed by atoms with Gasteiger partial charge in [-0.3, -0.25) is 4.79 Å². The molecule has 0 bridgehead atoms. The van der Waals surface area contributed by atoms with Gasteiger partial charge in [0, 0.05) is 5.57 Å². The van der Waals surface area contributed by atoms with Gasteiger partial charge in [0.25, 0.3) is 0 Å². The topological polar surface area (TPSA) is 17.1 Å². The number of hydrogen-bond donors (Lipinski definition) is 0. The highest BCUT2D eigenvalue weighted by atomic mass is 16.1. The molecule has 0 N–H and O–H groups in total. The van der Waals surface area contributed by atoms with Gasteiger partial charge in [0.2, 0.25) is 0 Å². The summed E-state index contributed by atoms with van der Waals surface area (Å²) in [5.74, 6) is 0.179. The van der Waals surface area contributed by atoms with Gasteiger partial charge in [0.15, 0.2) is 5.78 Å². The third-order valence-electron chi connectivity index (χ3n) is 2.43. The molecule has 0 saturated heterocycles. The number of hydrogen-bond acceptors (Lipinski definition) is 1. The van der Waals surface area contributed by atoms with Crippen LogP contribution in [0.1, 0.15) is 65.7 Å². The Morgan fingerprint density at radius 1 is 1.13 bits per heavy atom. The van der Waals surface area contributed by atoms with Crippen molar-refractivity contribution in [1.82, 2.24) is 0 Å². The third kappa shape index (κ3) is 8.20. The maximum Gasteiger partial charge on any atom is 0.163 e. The summed E-state index contributed by atoms with van der Waals surface area (Å²) >= 11 is 0. The Morgan fingerprint density at radius 3 is 2.33 bits per heavy atom. The number of carbonyl (C=O) groups is 1. The van der Waals surface area contributed by atoms with Crippen LogP contribution in [0.2, 0.25) is 0 Å². The van der Waals surface area contributed by atoms with Crippen LogP contribution in [-0.4, -0.2) is 5.78 Å². The second kappa shape index (κ2) is 9.73. The summed E-state index contributed by atoms with van der Waals surface area (Å²) in [5, 5.41) is 0. The molecule has 0 aromatic heterocycles. The van der Waals surface area contributed by atoms with E-state index >= 15 is 0 Å². The Balaban J connectivity index is 4.12. The van der Waals surface area contributed by atoms with Crippen molar-refractivity contribution in [2.75, 3.05) is 0 Å². The summed E-state index contributed by atoms with van der Waals surface area (Å²) in [4.78, 5) is 11.3. The number of carbonyl (C=O) groups excluding carboxylic acids is 1. The van der Waals surface area contributed by atoms with Crippen LogP contribution in [-0.2, 0) is 4.79 Å². The fraction of sp³-hybridized carbons (Fsp3) is 0.714. The van der Waals surface area contributed by atoms with E-state index in [0.29, 0.717) is 0 Å². The minimum Gasteiger partial charge on any atom is -0.294 e. The molecule has 86 valence electrons. The van der Waals surface area contributed by atoms with Gasteiger partial charge in [-0.1, -0.05) is 33.1 Å². The largest absolute Gasteiger partial charge is 0.294 e. The zero-order valence-electron chi connectivity index (χ0n) is 10.4. The van der Waals surface area contributed by atoms with Crippen LogP contribution in [0.15, 0.2) is 17.4 Å². The summed E-state index contributed by atoms with van der Waals surface area (Å²) < 4.78 is 0. The van der Waals surface area contributed by atoms with E-state index in [1.807, 2.05) is 6.08 Å². The fourth-order valence-electron chi connectivity index (χ4n) is 1.40. The Kier molecular flexibility index (Phi) is 9.21. The molecule has 0 unspecified atom stereocenters. The number of allylic oxidation sites excluding steroid dienone is 1. The third-order valence-corrected chi connectivity index (χ3v) is 2.43. The molecule has 0 aliphatic heterocycles. The highest BCUT2D eigenvalue weighted by molar-refractivity contribution is 5.92. The van der Waals surface area contributed by atoms with Crippen molar-refractivity contribution in [3.63, 3.8) is 0 Å². The molecule has 1 nitrogen and oxygen atoms in total.